The summed E-state index contributed by atoms with van der Waals surface area (Å²) in [6.07, 6.45) is 2.65. The Morgan fingerprint density at radius 2 is 2.40 bits per heavy atom. The van der Waals surface area contributed by atoms with E-state index in [-0.39, 0.29) is 17.5 Å². The quantitative estimate of drug-likeness (QED) is 0.331. The number of amidine groups is 1. The van der Waals surface area contributed by atoms with Crippen LogP contribution in [0.15, 0.2) is 17.4 Å². The average molecular weight is 317 g/mol. The van der Waals surface area contributed by atoms with Gasteiger partial charge in [-0.3, -0.25) is 0 Å². The second-order valence-corrected chi connectivity index (χ2v) is 7.63. The molecule has 1 saturated heterocycles. The Labute approximate surface area is 121 Å². The fourth-order valence-corrected chi connectivity index (χ4v) is 4.66. The Morgan fingerprint density at radius 3 is 3.05 bits per heavy atom. The maximum atomic E-state index is 11.8. The van der Waals surface area contributed by atoms with Gasteiger partial charge in [-0.25, -0.2) is 18.4 Å². The topological polar surface area (TPSA) is 122 Å². The van der Waals surface area contributed by atoms with E-state index in [1.807, 2.05) is 0 Å². The van der Waals surface area contributed by atoms with E-state index >= 15 is 0 Å². The van der Waals surface area contributed by atoms with E-state index < -0.39 is 15.2 Å². The molecule has 1 atom stereocenters. The van der Waals surface area contributed by atoms with Crippen LogP contribution in [-0.2, 0) is 9.84 Å². The van der Waals surface area contributed by atoms with E-state index in [1.54, 1.807) is 16.7 Å². The lowest BCUT2D eigenvalue weighted by Crippen LogP contribution is -2.48. The van der Waals surface area contributed by atoms with Crippen molar-refractivity contribution in [1.29, 1.82) is 0 Å². The van der Waals surface area contributed by atoms with Crippen molar-refractivity contribution < 1.29 is 13.6 Å². The number of nitrogens with two attached hydrogens (primary N) is 1. The van der Waals surface area contributed by atoms with E-state index in [2.05, 4.69) is 15.1 Å². The lowest BCUT2D eigenvalue weighted by atomic mass is 10.4. The molecule has 1 aromatic heterocycles. The first-order valence-electron chi connectivity index (χ1n) is 5.77. The SMILES string of the molecule is CS(=O)(=O)C1CSCCN1c1nccc(/C(N)=N/O)n1. The maximum absolute atomic E-state index is 11.8. The normalized spacial score (nSPS) is 20.9. The Hall–Kier alpha value is -1.55. The molecule has 0 aliphatic carbocycles. The van der Waals surface area contributed by atoms with Crippen LogP contribution < -0.4 is 10.6 Å². The number of oxime groups is 1. The molecule has 110 valence electrons. The minimum absolute atomic E-state index is 0.143. The van der Waals surface area contributed by atoms with Crippen LogP contribution in [0.3, 0.4) is 0 Å². The summed E-state index contributed by atoms with van der Waals surface area (Å²) in [6, 6.07) is 1.49. The van der Waals surface area contributed by atoms with Crippen molar-refractivity contribution in [1.82, 2.24) is 9.97 Å². The number of thioether (sulfide) groups is 1. The van der Waals surface area contributed by atoms with Crippen LogP contribution in [0.25, 0.3) is 0 Å². The summed E-state index contributed by atoms with van der Waals surface area (Å²) in [5, 5.41) is 10.9. The van der Waals surface area contributed by atoms with Crippen LogP contribution in [-0.4, -0.2) is 59.1 Å². The van der Waals surface area contributed by atoms with Crippen molar-refractivity contribution in [3.8, 4) is 0 Å². The first-order chi connectivity index (χ1) is 9.43. The zero-order valence-electron chi connectivity index (χ0n) is 10.8. The monoisotopic (exact) mass is 317 g/mol. The van der Waals surface area contributed by atoms with Gasteiger partial charge < -0.3 is 15.8 Å². The Morgan fingerprint density at radius 1 is 1.65 bits per heavy atom. The van der Waals surface area contributed by atoms with Gasteiger partial charge in [0.15, 0.2) is 15.7 Å². The molecular formula is C10H15N5O3S2. The zero-order chi connectivity index (χ0) is 14.8. The number of rotatable bonds is 3. The highest BCUT2D eigenvalue weighted by atomic mass is 32.2. The number of hydrogen-bond donors (Lipinski definition) is 2. The number of nitrogens with zero attached hydrogens (tertiary/aromatic N) is 4. The molecule has 1 unspecified atom stereocenters. The molecule has 0 saturated carbocycles. The molecule has 0 amide bonds. The molecule has 1 fully saturated rings. The summed E-state index contributed by atoms with van der Waals surface area (Å²) in [7, 11) is -3.25. The third-order valence-corrected chi connectivity index (χ3v) is 5.49. The summed E-state index contributed by atoms with van der Waals surface area (Å²) in [5.74, 6) is 1.39. The molecule has 0 spiro atoms. The predicted molar refractivity (Wildman–Crippen MR) is 77.8 cm³/mol. The van der Waals surface area contributed by atoms with E-state index in [0.717, 1.165) is 5.75 Å². The number of hydrogen-bond acceptors (Lipinski definition) is 8. The third kappa shape index (κ3) is 3.12. The largest absolute Gasteiger partial charge is 0.409 e. The van der Waals surface area contributed by atoms with Crippen molar-refractivity contribution in [2.45, 2.75) is 5.37 Å². The van der Waals surface area contributed by atoms with Crippen molar-refractivity contribution >= 4 is 33.4 Å². The van der Waals surface area contributed by atoms with Gasteiger partial charge in [-0.2, -0.15) is 11.8 Å². The highest BCUT2D eigenvalue weighted by Crippen LogP contribution is 2.24. The predicted octanol–water partition coefficient (Wildman–Crippen LogP) is -0.505. The first-order valence-corrected chi connectivity index (χ1v) is 8.88. The first kappa shape index (κ1) is 14.9. The van der Waals surface area contributed by atoms with Gasteiger partial charge in [0.25, 0.3) is 0 Å². The van der Waals surface area contributed by atoms with Gasteiger partial charge in [-0.15, -0.1) is 0 Å². The summed E-state index contributed by atoms with van der Waals surface area (Å²) in [5.41, 5.74) is 5.73. The third-order valence-electron chi connectivity index (χ3n) is 2.85. The Balaban J connectivity index is 2.38. The second kappa shape index (κ2) is 5.83. The van der Waals surface area contributed by atoms with Crippen LogP contribution in [0.1, 0.15) is 5.69 Å². The van der Waals surface area contributed by atoms with Crippen molar-refractivity contribution in [2.24, 2.45) is 10.9 Å². The zero-order valence-corrected chi connectivity index (χ0v) is 12.4. The average Bonchev–Trinajstić information content (AvgIpc) is 2.45. The molecule has 1 aliphatic rings. The molecule has 8 nitrogen and oxygen atoms in total. The number of aromatic nitrogens is 2. The molecular weight excluding hydrogens is 302 g/mol. The van der Waals surface area contributed by atoms with Gasteiger partial charge in [0.05, 0.1) is 0 Å². The summed E-state index contributed by atoms with van der Waals surface area (Å²) >= 11 is 1.58. The Bertz CT molecular complexity index is 619. The molecule has 10 heteroatoms. The van der Waals surface area contributed by atoms with Gasteiger partial charge in [-0.1, -0.05) is 5.16 Å². The van der Waals surface area contributed by atoms with Crippen molar-refractivity contribution in [2.75, 3.05) is 29.2 Å². The lowest BCUT2D eigenvalue weighted by Gasteiger charge is -2.34. The van der Waals surface area contributed by atoms with E-state index in [1.165, 1.54) is 18.5 Å². The highest BCUT2D eigenvalue weighted by molar-refractivity contribution is 8.01. The van der Waals surface area contributed by atoms with Crippen LogP contribution in [0, 0.1) is 0 Å². The summed E-state index contributed by atoms with van der Waals surface area (Å²) in [4.78, 5) is 9.89. The molecule has 2 rings (SSSR count). The van der Waals surface area contributed by atoms with E-state index in [9.17, 15) is 8.42 Å². The van der Waals surface area contributed by atoms with Gasteiger partial charge in [0.1, 0.15) is 11.1 Å². The van der Waals surface area contributed by atoms with Crippen LogP contribution in [0.5, 0.6) is 0 Å². The summed E-state index contributed by atoms with van der Waals surface area (Å²) in [6.45, 7) is 0.530. The minimum Gasteiger partial charge on any atom is -0.409 e. The maximum Gasteiger partial charge on any atom is 0.227 e. The molecule has 1 aliphatic heterocycles. The van der Waals surface area contributed by atoms with Gasteiger partial charge in [-0.05, 0) is 6.07 Å². The van der Waals surface area contributed by atoms with Gasteiger partial charge >= 0.3 is 0 Å². The molecule has 2 heterocycles. The smallest absolute Gasteiger partial charge is 0.227 e. The molecule has 1 aromatic rings. The molecule has 3 N–H and O–H groups in total. The number of anilines is 1. The lowest BCUT2D eigenvalue weighted by molar-refractivity contribution is 0.318. The van der Waals surface area contributed by atoms with Crippen LogP contribution in [0.2, 0.25) is 0 Å². The molecule has 0 bridgehead atoms. The van der Waals surface area contributed by atoms with Crippen molar-refractivity contribution in [3.63, 3.8) is 0 Å². The number of sulfone groups is 1. The van der Waals surface area contributed by atoms with E-state index in [4.69, 9.17) is 10.9 Å². The van der Waals surface area contributed by atoms with Crippen LogP contribution >= 0.6 is 11.8 Å². The minimum atomic E-state index is -3.25. The molecule has 0 aromatic carbocycles. The fraction of sp³-hybridized carbons (Fsp3) is 0.500. The fourth-order valence-electron chi connectivity index (χ4n) is 1.85. The van der Waals surface area contributed by atoms with Crippen LogP contribution in [0.4, 0.5) is 5.95 Å². The van der Waals surface area contributed by atoms with Crippen molar-refractivity contribution in [3.05, 3.63) is 18.0 Å². The summed E-state index contributed by atoms with van der Waals surface area (Å²) < 4.78 is 23.7. The molecule has 0 radical (unpaired) electrons. The highest BCUT2D eigenvalue weighted by Gasteiger charge is 2.32. The van der Waals surface area contributed by atoms with Gasteiger partial charge in [0.2, 0.25) is 5.95 Å². The molecule has 20 heavy (non-hydrogen) atoms. The Kier molecular flexibility index (Phi) is 4.33. The van der Waals surface area contributed by atoms with Gasteiger partial charge in [0, 0.05) is 30.5 Å². The van der Waals surface area contributed by atoms with E-state index in [0.29, 0.717) is 12.3 Å². The standard InChI is InChI=1S/C10H15N5O3S2/c1-20(17,18)8-6-19-5-4-15(8)10-12-3-2-7(13-10)9(11)14-16/h2-3,8,16H,4-6H2,1H3,(H2,11,14). The second-order valence-electron chi connectivity index (χ2n) is 4.28.